The smallest absolute Gasteiger partial charge is 0.242 e. The van der Waals surface area contributed by atoms with Crippen LogP contribution in [-0.2, 0) is 4.79 Å². The second-order valence-corrected chi connectivity index (χ2v) is 4.89. The van der Waals surface area contributed by atoms with Crippen LogP contribution in [0.15, 0.2) is 24.3 Å². The number of piperidine rings is 1. The first-order valence-electron chi connectivity index (χ1n) is 6.22. The molecule has 2 heterocycles. The van der Waals surface area contributed by atoms with Gasteiger partial charge in [0, 0.05) is 12.5 Å². The number of rotatable bonds is 1. The molecule has 0 saturated carbocycles. The highest BCUT2D eigenvalue weighted by atomic mass is 19.1. The first kappa shape index (κ1) is 11.6. The summed E-state index contributed by atoms with van der Waals surface area (Å²) in [6.07, 6.45) is 0.751. The van der Waals surface area contributed by atoms with Crippen LogP contribution in [0.5, 0.6) is 0 Å². The Morgan fingerprint density at radius 2 is 2.06 bits per heavy atom. The molecule has 2 fully saturated rings. The molecule has 0 bridgehead atoms. The van der Waals surface area contributed by atoms with Gasteiger partial charge >= 0.3 is 0 Å². The molecule has 4 nitrogen and oxygen atoms in total. The molecule has 3 N–H and O–H groups in total. The van der Waals surface area contributed by atoms with E-state index in [1.165, 1.54) is 12.1 Å². The highest BCUT2D eigenvalue weighted by Gasteiger charge is 2.50. The van der Waals surface area contributed by atoms with E-state index < -0.39 is 5.54 Å². The topological polar surface area (TPSA) is 53.2 Å². The van der Waals surface area contributed by atoms with E-state index in [1.54, 1.807) is 12.1 Å². The fraction of sp³-hybridized carbons (Fsp3) is 0.462. The number of carbonyl (C=O) groups is 1. The number of halogens is 1. The van der Waals surface area contributed by atoms with Crippen LogP contribution in [0.3, 0.4) is 0 Å². The predicted molar refractivity (Wildman–Crippen MR) is 65.5 cm³/mol. The van der Waals surface area contributed by atoms with E-state index in [9.17, 15) is 9.18 Å². The van der Waals surface area contributed by atoms with Crippen LogP contribution in [0.1, 0.15) is 17.9 Å². The molecule has 3 rings (SSSR count). The summed E-state index contributed by atoms with van der Waals surface area (Å²) in [5, 5.41) is 9.44. The second kappa shape index (κ2) is 4.33. The molecule has 1 spiro atoms. The van der Waals surface area contributed by atoms with Crippen molar-refractivity contribution in [3.8, 4) is 0 Å². The van der Waals surface area contributed by atoms with Crippen molar-refractivity contribution in [2.75, 3.05) is 19.8 Å². The second-order valence-electron chi connectivity index (χ2n) is 4.89. The molecule has 1 amide bonds. The van der Waals surface area contributed by atoms with Crippen LogP contribution < -0.4 is 16.0 Å². The Balaban J connectivity index is 1.97. The SMILES string of the molecule is O=C1NCNC12CCNCC2c1ccc(F)cc1. The van der Waals surface area contributed by atoms with Gasteiger partial charge in [0.05, 0.1) is 6.67 Å². The highest BCUT2D eigenvalue weighted by Crippen LogP contribution is 2.35. The summed E-state index contributed by atoms with van der Waals surface area (Å²) >= 11 is 0. The molecule has 96 valence electrons. The van der Waals surface area contributed by atoms with Crippen LogP contribution in [0.25, 0.3) is 0 Å². The minimum absolute atomic E-state index is 0.0364. The molecule has 0 aliphatic carbocycles. The van der Waals surface area contributed by atoms with Crippen molar-refractivity contribution in [1.82, 2.24) is 16.0 Å². The van der Waals surface area contributed by atoms with Crippen molar-refractivity contribution < 1.29 is 9.18 Å². The summed E-state index contributed by atoms with van der Waals surface area (Å²) in [5.41, 5.74) is 0.455. The zero-order valence-corrected chi connectivity index (χ0v) is 10.0. The van der Waals surface area contributed by atoms with E-state index in [-0.39, 0.29) is 17.6 Å². The maximum Gasteiger partial charge on any atom is 0.242 e. The van der Waals surface area contributed by atoms with E-state index in [2.05, 4.69) is 16.0 Å². The molecule has 0 aromatic heterocycles. The lowest BCUT2D eigenvalue weighted by molar-refractivity contribution is -0.125. The Morgan fingerprint density at radius 3 is 2.72 bits per heavy atom. The Morgan fingerprint density at radius 1 is 1.28 bits per heavy atom. The monoisotopic (exact) mass is 249 g/mol. The summed E-state index contributed by atoms with van der Waals surface area (Å²) in [4.78, 5) is 12.1. The van der Waals surface area contributed by atoms with Gasteiger partial charge in [-0.05, 0) is 30.7 Å². The standard InChI is InChI=1S/C13H16FN3O/c14-10-3-1-9(2-4-10)11-7-15-6-5-13(11)12(18)16-8-17-13/h1-4,11,15,17H,5-8H2,(H,16,18). The van der Waals surface area contributed by atoms with E-state index in [4.69, 9.17) is 0 Å². The molecule has 2 atom stereocenters. The number of benzene rings is 1. The fourth-order valence-electron chi connectivity index (χ4n) is 2.98. The van der Waals surface area contributed by atoms with Gasteiger partial charge in [0.15, 0.2) is 0 Å². The summed E-state index contributed by atoms with van der Waals surface area (Å²) in [6.45, 7) is 2.06. The number of hydrogen-bond acceptors (Lipinski definition) is 3. The third-order valence-electron chi connectivity index (χ3n) is 3.97. The van der Waals surface area contributed by atoms with Gasteiger partial charge in [0.1, 0.15) is 11.4 Å². The van der Waals surface area contributed by atoms with Crippen LogP contribution in [0.2, 0.25) is 0 Å². The van der Waals surface area contributed by atoms with Crippen molar-refractivity contribution in [3.05, 3.63) is 35.6 Å². The maximum absolute atomic E-state index is 13.0. The molecule has 0 radical (unpaired) electrons. The van der Waals surface area contributed by atoms with Crippen LogP contribution in [0.4, 0.5) is 4.39 Å². The first-order valence-corrected chi connectivity index (χ1v) is 6.22. The summed E-state index contributed by atoms with van der Waals surface area (Å²) in [6, 6.07) is 6.43. The zero-order valence-electron chi connectivity index (χ0n) is 10.0. The van der Waals surface area contributed by atoms with E-state index >= 15 is 0 Å². The molecule has 2 saturated heterocycles. The Kier molecular flexibility index (Phi) is 2.80. The highest BCUT2D eigenvalue weighted by molar-refractivity contribution is 5.89. The molecule has 5 heteroatoms. The van der Waals surface area contributed by atoms with Crippen molar-refractivity contribution in [3.63, 3.8) is 0 Å². The van der Waals surface area contributed by atoms with Gasteiger partial charge in [0.25, 0.3) is 0 Å². The normalized spacial score (nSPS) is 31.6. The Hall–Kier alpha value is -1.46. The van der Waals surface area contributed by atoms with Crippen molar-refractivity contribution in [2.24, 2.45) is 0 Å². The van der Waals surface area contributed by atoms with Gasteiger partial charge in [-0.2, -0.15) is 0 Å². The number of hydrogen-bond donors (Lipinski definition) is 3. The lowest BCUT2D eigenvalue weighted by Gasteiger charge is -2.39. The first-order chi connectivity index (χ1) is 8.72. The minimum atomic E-state index is -0.539. The van der Waals surface area contributed by atoms with Gasteiger partial charge in [-0.3, -0.25) is 10.1 Å². The molecule has 1 aromatic carbocycles. The van der Waals surface area contributed by atoms with Gasteiger partial charge in [-0.1, -0.05) is 12.1 Å². The molecule has 1 aromatic rings. The van der Waals surface area contributed by atoms with Crippen LogP contribution >= 0.6 is 0 Å². The third kappa shape index (κ3) is 1.71. The summed E-state index contributed by atoms with van der Waals surface area (Å²) < 4.78 is 13.0. The van der Waals surface area contributed by atoms with Gasteiger partial charge in [0.2, 0.25) is 5.91 Å². The maximum atomic E-state index is 13.0. The average molecular weight is 249 g/mol. The van der Waals surface area contributed by atoms with Gasteiger partial charge in [-0.15, -0.1) is 0 Å². The van der Waals surface area contributed by atoms with Crippen LogP contribution in [-0.4, -0.2) is 31.2 Å². The lowest BCUT2D eigenvalue weighted by atomic mass is 9.74. The summed E-state index contributed by atoms with van der Waals surface area (Å²) in [5.74, 6) is -0.159. The van der Waals surface area contributed by atoms with E-state index in [0.29, 0.717) is 6.67 Å². The van der Waals surface area contributed by atoms with Crippen molar-refractivity contribution in [2.45, 2.75) is 17.9 Å². The fourth-order valence-corrected chi connectivity index (χ4v) is 2.98. The zero-order chi connectivity index (χ0) is 12.6. The minimum Gasteiger partial charge on any atom is -0.342 e. The molecular formula is C13H16FN3O. The molecule has 2 aliphatic heterocycles. The molecule has 18 heavy (non-hydrogen) atoms. The Bertz CT molecular complexity index is 462. The Labute approximate surface area is 105 Å². The van der Waals surface area contributed by atoms with Gasteiger partial charge in [-0.25, -0.2) is 4.39 Å². The van der Waals surface area contributed by atoms with Crippen molar-refractivity contribution >= 4 is 5.91 Å². The van der Waals surface area contributed by atoms with E-state index in [1.807, 2.05) is 0 Å². The summed E-state index contributed by atoms with van der Waals surface area (Å²) in [7, 11) is 0. The number of nitrogens with one attached hydrogen (secondary N) is 3. The average Bonchev–Trinajstić information content (AvgIpc) is 2.74. The molecule has 2 aliphatic rings. The third-order valence-corrected chi connectivity index (χ3v) is 3.97. The quantitative estimate of drug-likeness (QED) is 0.672. The van der Waals surface area contributed by atoms with E-state index in [0.717, 1.165) is 25.1 Å². The molecular weight excluding hydrogens is 233 g/mol. The molecule has 2 unspecified atom stereocenters. The number of carbonyl (C=O) groups excluding carboxylic acids is 1. The van der Waals surface area contributed by atoms with Gasteiger partial charge < -0.3 is 10.6 Å². The lowest BCUT2D eigenvalue weighted by Crippen LogP contribution is -2.58. The predicted octanol–water partition coefficient (Wildman–Crippen LogP) is 0.318. The van der Waals surface area contributed by atoms with Crippen LogP contribution in [0, 0.1) is 5.82 Å². The van der Waals surface area contributed by atoms with Crippen molar-refractivity contribution in [1.29, 1.82) is 0 Å². The number of amides is 1. The largest absolute Gasteiger partial charge is 0.342 e.